The fourth-order valence-corrected chi connectivity index (χ4v) is 4.50. The smallest absolute Gasteiger partial charge is 0.266 e. The van der Waals surface area contributed by atoms with Crippen molar-refractivity contribution in [3.63, 3.8) is 0 Å². The van der Waals surface area contributed by atoms with Gasteiger partial charge in [-0.1, -0.05) is 12.1 Å². The predicted octanol–water partition coefficient (Wildman–Crippen LogP) is 3.16. The number of rotatable bonds is 7. The van der Waals surface area contributed by atoms with Gasteiger partial charge in [-0.25, -0.2) is 18.7 Å². The molecular weight excluding hydrogens is 494 g/mol. The molecule has 0 bridgehead atoms. The number of aromatic nitrogens is 4. The van der Waals surface area contributed by atoms with E-state index in [9.17, 15) is 23.5 Å². The summed E-state index contributed by atoms with van der Waals surface area (Å²) in [5, 5.41) is 15.8. The minimum Gasteiger partial charge on any atom is -0.393 e. The number of halogens is 2. The van der Waals surface area contributed by atoms with Gasteiger partial charge in [-0.3, -0.25) is 19.1 Å². The number of amides is 1. The molecule has 0 radical (unpaired) electrons. The van der Waals surface area contributed by atoms with Gasteiger partial charge in [0.05, 0.1) is 36.2 Å². The van der Waals surface area contributed by atoms with Crippen molar-refractivity contribution in [2.24, 2.45) is 0 Å². The monoisotopic (exact) mass is 520 g/mol. The average Bonchev–Trinajstić information content (AvgIpc) is 2.91. The summed E-state index contributed by atoms with van der Waals surface area (Å²) < 4.78 is 27.9. The molecule has 0 atom stereocenters. The average molecular weight is 521 g/mol. The van der Waals surface area contributed by atoms with E-state index < -0.39 is 23.1 Å². The predicted molar refractivity (Wildman–Crippen MR) is 137 cm³/mol. The van der Waals surface area contributed by atoms with Crippen molar-refractivity contribution in [3.8, 4) is 0 Å². The van der Waals surface area contributed by atoms with E-state index >= 15 is 0 Å². The number of hydrogen-bond donors (Lipinski definition) is 3. The minimum atomic E-state index is -1.02. The van der Waals surface area contributed by atoms with E-state index in [-0.39, 0.29) is 30.8 Å². The fourth-order valence-electron chi connectivity index (χ4n) is 4.50. The van der Waals surface area contributed by atoms with Crippen LogP contribution in [-0.2, 0) is 13.1 Å². The molecule has 11 heteroatoms. The van der Waals surface area contributed by atoms with Crippen molar-refractivity contribution in [2.45, 2.75) is 50.9 Å². The fraction of sp³-hybridized carbons (Fsp3) is 0.296. The third-order valence-electron chi connectivity index (χ3n) is 6.59. The standard InChI is InChI=1S/C27H26F2N6O3/c28-21-7-1-17(9-22(21)29)14-35-15-30-12-20(27(35)38)26(37)32-11-16-2-8-23-24(10-16)34-25(13-31-23)33-18-3-5-19(36)6-4-18/h1-2,7-10,12-13,15,18-19,36H,3-6,11,14H2,(H,32,37)(H,33,34). The molecule has 9 nitrogen and oxygen atoms in total. The maximum absolute atomic E-state index is 13.5. The molecule has 0 saturated heterocycles. The van der Waals surface area contributed by atoms with Gasteiger partial charge in [0.25, 0.3) is 11.5 Å². The van der Waals surface area contributed by atoms with E-state index in [2.05, 4.69) is 25.6 Å². The van der Waals surface area contributed by atoms with E-state index in [0.717, 1.165) is 47.9 Å². The summed E-state index contributed by atoms with van der Waals surface area (Å²) in [6.45, 7) is 0.0808. The molecule has 2 aromatic carbocycles. The van der Waals surface area contributed by atoms with Crippen LogP contribution >= 0.6 is 0 Å². The van der Waals surface area contributed by atoms with Gasteiger partial charge in [0.1, 0.15) is 11.4 Å². The van der Waals surface area contributed by atoms with Crippen LogP contribution in [0.3, 0.4) is 0 Å². The van der Waals surface area contributed by atoms with Gasteiger partial charge in [0.15, 0.2) is 11.6 Å². The Balaban J connectivity index is 1.25. The van der Waals surface area contributed by atoms with Crippen molar-refractivity contribution >= 4 is 22.8 Å². The number of fused-ring (bicyclic) bond motifs is 1. The molecule has 2 heterocycles. The lowest BCUT2D eigenvalue weighted by Crippen LogP contribution is -2.33. The summed E-state index contributed by atoms with van der Waals surface area (Å²) in [7, 11) is 0. The first-order chi connectivity index (χ1) is 18.4. The highest BCUT2D eigenvalue weighted by atomic mass is 19.2. The van der Waals surface area contributed by atoms with Crippen LogP contribution in [0, 0.1) is 11.6 Å². The molecule has 38 heavy (non-hydrogen) atoms. The minimum absolute atomic E-state index is 0.0642. The largest absolute Gasteiger partial charge is 0.393 e. The molecule has 1 fully saturated rings. The van der Waals surface area contributed by atoms with Crippen molar-refractivity contribution in [2.75, 3.05) is 5.32 Å². The van der Waals surface area contributed by atoms with Crippen LogP contribution in [-0.4, -0.2) is 42.7 Å². The lowest BCUT2D eigenvalue weighted by Gasteiger charge is -2.26. The van der Waals surface area contributed by atoms with E-state index in [1.807, 2.05) is 18.2 Å². The summed E-state index contributed by atoms with van der Waals surface area (Å²) >= 11 is 0. The topological polar surface area (TPSA) is 122 Å². The van der Waals surface area contributed by atoms with Gasteiger partial charge < -0.3 is 15.7 Å². The third kappa shape index (κ3) is 5.83. The van der Waals surface area contributed by atoms with Gasteiger partial charge in [-0.2, -0.15) is 0 Å². The maximum Gasteiger partial charge on any atom is 0.266 e. The van der Waals surface area contributed by atoms with Crippen LogP contribution < -0.4 is 16.2 Å². The lowest BCUT2D eigenvalue weighted by atomic mass is 9.93. The second-order valence-corrected chi connectivity index (χ2v) is 9.40. The number of carbonyl (C=O) groups is 1. The highest BCUT2D eigenvalue weighted by molar-refractivity contribution is 5.93. The van der Waals surface area contributed by atoms with Gasteiger partial charge in [-0.15, -0.1) is 0 Å². The van der Waals surface area contributed by atoms with Crippen molar-refractivity contribution in [1.82, 2.24) is 24.8 Å². The SMILES string of the molecule is O=C(NCc1ccc2ncc(NC3CCC(O)CC3)nc2c1)c1cncn(Cc2ccc(F)c(F)c2)c1=O. The number of aliphatic hydroxyl groups is 1. The van der Waals surface area contributed by atoms with Crippen LogP contribution in [0.2, 0.25) is 0 Å². The summed E-state index contributed by atoms with van der Waals surface area (Å²) in [5.41, 5.74) is 1.73. The zero-order chi connectivity index (χ0) is 26.6. The molecule has 3 N–H and O–H groups in total. The number of anilines is 1. The van der Waals surface area contributed by atoms with Gasteiger partial charge in [-0.05, 0) is 61.1 Å². The molecule has 0 spiro atoms. The lowest BCUT2D eigenvalue weighted by molar-refractivity contribution is 0.0948. The Bertz CT molecular complexity index is 1540. The van der Waals surface area contributed by atoms with Crippen LogP contribution in [0.1, 0.15) is 47.2 Å². The normalized spacial score (nSPS) is 17.3. The summed E-state index contributed by atoms with van der Waals surface area (Å²) in [4.78, 5) is 38.7. The maximum atomic E-state index is 13.5. The Morgan fingerprint density at radius 2 is 1.79 bits per heavy atom. The highest BCUT2D eigenvalue weighted by Crippen LogP contribution is 2.22. The first kappa shape index (κ1) is 25.4. The molecule has 5 rings (SSSR count). The number of hydrogen-bond acceptors (Lipinski definition) is 7. The third-order valence-corrected chi connectivity index (χ3v) is 6.59. The van der Waals surface area contributed by atoms with E-state index in [1.54, 1.807) is 6.20 Å². The van der Waals surface area contributed by atoms with Gasteiger partial charge >= 0.3 is 0 Å². The van der Waals surface area contributed by atoms with E-state index in [0.29, 0.717) is 22.4 Å². The first-order valence-electron chi connectivity index (χ1n) is 12.3. The number of nitrogens with zero attached hydrogens (tertiary/aromatic N) is 4. The molecule has 1 aliphatic rings. The summed E-state index contributed by atoms with van der Waals surface area (Å²) in [6, 6.07) is 9.02. The number of aliphatic hydroxyl groups excluding tert-OH is 1. The van der Waals surface area contributed by atoms with Crippen LogP contribution in [0.15, 0.2) is 59.9 Å². The Morgan fingerprint density at radius 3 is 2.58 bits per heavy atom. The summed E-state index contributed by atoms with van der Waals surface area (Å²) in [5.74, 6) is -1.96. The van der Waals surface area contributed by atoms with Crippen molar-refractivity contribution in [1.29, 1.82) is 0 Å². The molecule has 2 aromatic heterocycles. The molecule has 0 aliphatic heterocycles. The van der Waals surface area contributed by atoms with Crippen LogP contribution in [0.5, 0.6) is 0 Å². The molecule has 0 unspecified atom stereocenters. The second-order valence-electron chi connectivity index (χ2n) is 9.40. The number of carbonyl (C=O) groups excluding carboxylic acids is 1. The summed E-state index contributed by atoms with van der Waals surface area (Å²) in [6.07, 6.45) is 7.11. The van der Waals surface area contributed by atoms with Crippen LogP contribution in [0.4, 0.5) is 14.6 Å². The molecular formula is C27H26F2N6O3. The zero-order valence-corrected chi connectivity index (χ0v) is 20.4. The second kappa shape index (κ2) is 11.0. The van der Waals surface area contributed by atoms with E-state index in [1.165, 1.54) is 18.6 Å². The first-order valence-corrected chi connectivity index (χ1v) is 12.3. The van der Waals surface area contributed by atoms with Crippen LogP contribution in [0.25, 0.3) is 11.0 Å². The molecule has 4 aromatic rings. The zero-order valence-electron chi connectivity index (χ0n) is 20.4. The Hall–Kier alpha value is -4.25. The Kier molecular flexibility index (Phi) is 7.36. The number of benzene rings is 2. The van der Waals surface area contributed by atoms with Gasteiger partial charge in [0.2, 0.25) is 0 Å². The Labute approximate surface area is 216 Å². The molecule has 1 amide bonds. The molecule has 1 aliphatic carbocycles. The molecule has 1 saturated carbocycles. The van der Waals surface area contributed by atoms with Gasteiger partial charge in [0, 0.05) is 18.8 Å². The van der Waals surface area contributed by atoms with Crippen molar-refractivity contribution < 1.29 is 18.7 Å². The highest BCUT2D eigenvalue weighted by Gasteiger charge is 2.19. The Morgan fingerprint density at radius 1 is 1.00 bits per heavy atom. The quantitative estimate of drug-likeness (QED) is 0.342. The molecule has 196 valence electrons. The van der Waals surface area contributed by atoms with E-state index in [4.69, 9.17) is 0 Å². The number of nitrogens with one attached hydrogen (secondary N) is 2. The van der Waals surface area contributed by atoms with Crippen molar-refractivity contribution in [3.05, 3.63) is 93.8 Å².